The lowest BCUT2D eigenvalue weighted by Crippen LogP contribution is -2.66. The number of allylic oxidation sites excluding steroid dienone is 1. The normalized spacial score (nSPS) is 41.2. The van der Waals surface area contributed by atoms with E-state index < -0.39 is 115 Å². The lowest BCUT2D eigenvalue weighted by molar-refractivity contribution is -0.344. The molecule has 17 nitrogen and oxygen atoms in total. The van der Waals surface area contributed by atoms with Crippen molar-refractivity contribution in [2.45, 2.75) is 185 Å². The summed E-state index contributed by atoms with van der Waals surface area (Å²) in [6.07, 6.45) is -7.99. The smallest absolute Gasteiger partial charge is 0.309 e. The largest absolute Gasteiger partial charge is 0.462 e. The Morgan fingerprint density at radius 2 is 1.69 bits per heavy atom. The third-order valence-electron chi connectivity index (χ3n) is 11.4. The molecule has 2 N–H and O–H groups in total. The molecule has 0 aromatic carbocycles. The van der Waals surface area contributed by atoms with Crippen LogP contribution in [0.1, 0.15) is 93.9 Å². The molecule has 59 heavy (non-hydrogen) atoms. The van der Waals surface area contributed by atoms with E-state index in [1.807, 2.05) is 13.8 Å². The minimum absolute atomic E-state index is 0.0551. The maximum Gasteiger partial charge on any atom is 0.309 e. The minimum Gasteiger partial charge on any atom is -0.462 e. The summed E-state index contributed by atoms with van der Waals surface area (Å²) in [7, 11) is 4.82. The zero-order valence-electron chi connectivity index (χ0n) is 36.3. The van der Waals surface area contributed by atoms with Crippen molar-refractivity contribution in [2.24, 2.45) is 17.8 Å². The van der Waals surface area contributed by atoms with E-state index in [1.165, 1.54) is 20.1 Å². The first-order chi connectivity index (χ1) is 27.6. The number of hydrogen-bond donors (Lipinski definition) is 2. The number of ketones is 1. The molecule has 0 unspecified atom stereocenters. The average Bonchev–Trinajstić information content (AvgIpc) is 3.85. The van der Waals surface area contributed by atoms with Crippen LogP contribution >= 0.6 is 0 Å². The van der Waals surface area contributed by atoms with Gasteiger partial charge in [0.25, 0.3) is 0 Å². The Labute approximate surface area is 347 Å². The van der Waals surface area contributed by atoms with Crippen molar-refractivity contribution < 1.29 is 76.8 Å². The maximum absolute atomic E-state index is 13.4. The van der Waals surface area contributed by atoms with Crippen LogP contribution in [0.25, 0.3) is 0 Å². The van der Waals surface area contributed by atoms with E-state index in [4.69, 9.17) is 42.6 Å². The number of fused-ring (bicyclic) bond motifs is 1. The molecule has 0 spiro atoms. The summed E-state index contributed by atoms with van der Waals surface area (Å²) in [4.78, 5) is 65.8. The van der Waals surface area contributed by atoms with Gasteiger partial charge >= 0.3 is 17.9 Å². The molecular weight excluding hydrogens is 774 g/mol. The molecule has 4 rings (SSSR count). The van der Waals surface area contributed by atoms with Crippen LogP contribution in [-0.2, 0) is 66.6 Å². The van der Waals surface area contributed by atoms with Gasteiger partial charge in [0.15, 0.2) is 24.5 Å². The monoisotopic (exact) mass is 841 g/mol. The van der Waals surface area contributed by atoms with Gasteiger partial charge in [0.2, 0.25) is 0 Å². The highest BCUT2D eigenvalue weighted by atomic mass is 16.7. The molecule has 0 saturated carbocycles. The number of aliphatic hydroxyl groups excluding tert-OH is 1. The number of cyclic esters (lactones) is 1. The summed E-state index contributed by atoms with van der Waals surface area (Å²) in [5, 5.41) is 23.5. The number of nitrogens with zero attached hydrogens (tertiary/aromatic N) is 1. The third-order valence-corrected chi connectivity index (χ3v) is 11.4. The molecule has 0 aromatic rings. The zero-order valence-corrected chi connectivity index (χ0v) is 36.3. The molecule has 0 radical (unpaired) electrons. The first-order valence-corrected chi connectivity index (χ1v) is 20.7. The third kappa shape index (κ3) is 13.3. The van der Waals surface area contributed by atoms with Gasteiger partial charge in [0, 0.05) is 45.6 Å². The Balaban J connectivity index is 1.64. The number of methoxy groups -OCH3 is 1. The average molecular weight is 842 g/mol. The van der Waals surface area contributed by atoms with E-state index in [9.17, 15) is 34.2 Å². The van der Waals surface area contributed by atoms with E-state index in [0.29, 0.717) is 12.7 Å². The highest BCUT2D eigenvalue weighted by molar-refractivity contribution is 5.91. The molecular formula is C42H67NO16. The van der Waals surface area contributed by atoms with Gasteiger partial charge < -0.3 is 62.5 Å². The van der Waals surface area contributed by atoms with Gasteiger partial charge in [-0.1, -0.05) is 20.8 Å². The summed E-state index contributed by atoms with van der Waals surface area (Å²) < 4.78 is 54.2. The Hall–Kier alpha value is -2.87. The highest BCUT2D eigenvalue weighted by Gasteiger charge is 2.53. The van der Waals surface area contributed by atoms with Gasteiger partial charge in [-0.2, -0.15) is 0 Å². The second kappa shape index (κ2) is 21.3. The number of ether oxygens (including phenoxy) is 9. The molecule has 4 aliphatic rings. The van der Waals surface area contributed by atoms with Crippen molar-refractivity contribution in [3.8, 4) is 0 Å². The molecule has 4 aliphatic heterocycles. The maximum atomic E-state index is 13.4. The van der Waals surface area contributed by atoms with E-state index in [-0.39, 0.29) is 49.6 Å². The van der Waals surface area contributed by atoms with Crippen LogP contribution in [0.15, 0.2) is 12.2 Å². The topological polar surface area (TPSA) is 215 Å². The summed E-state index contributed by atoms with van der Waals surface area (Å²) in [5.41, 5.74) is -1.51. The van der Waals surface area contributed by atoms with Gasteiger partial charge in [-0.05, 0) is 72.2 Å². The molecule has 336 valence electrons. The fourth-order valence-electron chi connectivity index (χ4n) is 8.51. The Bertz CT molecular complexity index is 1470. The van der Waals surface area contributed by atoms with Crippen molar-refractivity contribution in [1.29, 1.82) is 0 Å². The van der Waals surface area contributed by atoms with E-state index in [1.54, 1.807) is 59.7 Å². The van der Waals surface area contributed by atoms with Crippen molar-refractivity contribution in [3.63, 3.8) is 0 Å². The number of hydrogen-bond acceptors (Lipinski definition) is 17. The number of aldehydes is 1. The lowest BCUT2D eigenvalue weighted by atomic mass is 9.83. The number of rotatable bonds is 12. The van der Waals surface area contributed by atoms with Crippen LogP contribution in [0.4, 0.5) is 0 Å². The molecule has 0 aliphatic carbocycles. The number of aliphatic hydroxyl groups is 2. The molecule has 4 heterocycles. The van der Waals surface area contributed by atoms with Gasteiger partial charge in [-0.15, -0.1) is 0 Å². The molecule has 3 fully saturated rings. The second-order valence-corrected chi connectivity index (χ2v) is 17.5. The first-order valence-electron chi connectivity index (χ1n) is 20.7. The van der Waals surface area contributed by atoms with Crippen LogP contribution in [0.5, 0.6) is 0 Å². The van der Waals surface area contributed by atoms with Crippen molar-refractivity contribution in [1.82, 2.24) is 4.90 Å². The molecule has 0 bridgehead atoms. The Morgan fingerprint density at radius 1 is 1.00 bits per heavy atom. The number of esters is 3. The minimum atomic E-state index is -1.51. The zero-order chi connectivity index (χ0) is 43.9. The van der Waals surface area contributed by atoms with E-state index in [2.05, 4.69) is 0 Å². The molecule has 3 saturated heterocycles. The van der Waals surface area contributed by atoms with E-state index >= 15 is 0 Å². The van der Waals surface area contributed by atoms with Crippen LogP contribution < -0.4 is 0 Å². The molecule has 17 atom stereocenters. The number of likely N-dealkylation sites (N-methyl/N-ethyl adjacent to an activating group) is 1. The van der Waals surface area contributed by atoms with Crippen LogP contribution in [0.2, 0.25) is 0 Å². The fourth-order valence-corrected chi connectivity index (χ4v) is 8.51. The predicted octanol–water partition coefficient (Wildman–Crippen LogP) is 2.43. The van der Waals surface area contributed by atoms with Crippen molar-refractivity contribution in [3.05, 3.63) is 12.2 Å². The summed E-state index contributed by atoms with van der Waals surface area (Å²) in [6, 6.07) is -0.800. The first kappa shape index (κ1) is 48.8. The van der Waals surface area contributed by atoms with Gasteiger partial charge in [0.05, 0.1) is 36.9 Å². The van der Waals surface area contributed by atoms with Crippen molar-refractivity contribution >= 4 is 30.0 Å². The highest BCUT2D eigenvalue weighted by Crippen LogP contribution is 2.38. The Morgan fingerprint density at radius 3 is 2.29 bits per heavy atom. The quantitative estimate of drug-likeness (QED) is 0.125. The predicted molar refractivity (Wildman–Crippen MR) is 208 cm³/mol. The standard InChI is InChI=1S/C42H67NO16/c1-21(2)16-32(47)57-40-25(6)53-34(20-42(40,8)50)58-37-24(5)54-41(36(49)35(37)43(9)10)59-38-27(14-15-44)17-22(3)28(46)12-13-29-30(56-29)18-23(4)52-33(48)19-31(39(38)51-11)55-26(7)45/h12-13,15,21-25,27,29-31,34-41,49-50H,14,16-20H2,1-11H3/t22-,23-,24-,25+,27+,29-,30+,31-,34-,35+,36+,37+,38+,39-,40-,41+,42+/m1/s1. The number of carbonyl (C=O) groups is 5. The van der Waals surface area contributed by atoms with Gasteiger partial charge in [-0.3, -0.25) is 19.2 Å². The summed E-state index contributed by atoms with van der Waals surface area (Å²) in [6.45, 7) is 13.4. The van der Waals surface area contributed by atoms with Crippen molar-refractivity contribution in [2.75, 3.05) is 21.2 Å². The SMILES string of the molecule is CO[C@H]1[C@@H](O[C@@H]2O[C@H](C)[C@H](O[C@@H]3C[C@](C)(O)[C@H](OC(=O)CC(C)C)[C@H](C)O3)[C@@H](N(C)C)[C@@H]2O)[C@@H](CC=O)C[C@@H](C)C(=O)C=C[C@H]2O[C@H]2C[C@@H](C)OC(=O)C[C@H]1OC(C)=O. The van der Waals surface area contributed by atoms with Crippen LogP contribution in [0.3, 0.4) is 0 Å². The van der Waals surface area contributed by atoms with Crippen LogP contribution in [-0.4, -0.2) is 158 Å². The van der Waals surface area contributed by atoms with Crippen LogP contribution in [0, 0.1) is 17.8 Å². The van der Waals surface area contributed by atoms with Gasteiger partial charge in [0.1, 0.15) is 48.5 Å². The molecule has 0 aromatic heterocycles. The molecule has 17 heteroatoms. The molecule has 0 amide bonds. The number of epoxide rings is 1. The lowest BCUT2D eigenvalue weighted by Gasteiger charge is -2.50. The van der Waals surface area contributed by atoms with E-state index in [0.717, 1.165) is 0 Å². The summed E-state index contributed by atoms with van der Waals surface area (Å²) >= 11 is 0. The number of carbonyl (C=O) groups excluding carboxylic acids is 5. The second-order valence-electron chi connectivity index (χ2n) is 17.5. The summed E-state index contributed by atoms with van der Waals surface area (Å²) in [5.74, 6) is -3.35. The fraction of sp³-hybridized carbons (Fsp3) is 0.833. The Kier molecular flexibility index (Phi) is 17.6. The van der Waals surface area contributed by atoms with Gasteiger partial charge in [-0.25, -0.2) is 0 Å².